The molecule has 0 amide bonds. The van der Waals surface area contributed by atoms with Gasteiger partial charge in [0.1, 0.15) is 24.9 Å². The summed E-state index contributed by atoms with van der Waals surface area (Å²) < 4.78 is 23.5. The molecule has 32 heavy (non-hydrogen) atoms. The van der Waals surface area contributed by atoms with E-state index in [0.717, 1.165) is 28.2 Å². The van der Waals surface area contributed by atoms with Gasteiger partial charge in [-0.2, -0.15) is 0 Å². The minimum atomic E-state index is -0.856. The molecule has 3 aromatic rings. The average Bonchev–Trinajstić information content (AvgIpc) is 2.86. The summed E-state index contributed by atoms with van der Waals surface area (Å²) in [6.45, 7) is 1.69. The Morgan fingerprint density at radius 1 is 0.812 bits per heavy atom. The van der Waals surface area contributed by atoms with Gasteiger partial charge in [0, 0.05) is 19.1 Å². The van der Waals surface area contributed by atoms with Crippen LogP contribution in [0.15, 0.2) is 78.9 Å². The molecule has 1 N–H and O–H groups in total. The lowest BCUT2D eigenvalue weighted by molar-refractivity contribution is -0.0834. The third-order valence-corrected chi connectivity index (χ3v) is 5.74. The van der Waals surface area contributed by atoms with Gasteiger partial charge in [0.05, 0.1) is 26.9 Å². The zero-order valence-electron chi connectivity index (χ0n) is 18.5. The van der Waals surface area contributed by atoms with E-state index in [4.69, 9.17) is 26.8 Å². The highest BCUT2D eigenvalue weighted by molar-refractivity contribution is 6.11. The van der Waals surface area contributed by atoms with E-state index in [-0.39, 0.29) is 12.1 Å². The summed E-state index contributed by atoms with van der Waals surface area (Å²) in [5.41, 5.74) is 2.14. The van der Waals surface area contributed by atoms with Gasteiger partial charge in [-0.15, -0.1) is 0 Å². The zero-order valence-corrected chi connectivity index (χ0v) is 18.5. The molecule has 2 atom stereocenters. The Labute approximate surface area is 191 Å². The van der Waals surface area contributed by atoms with Crippen molar-refractivity contribution in [3.05, 3.63) is 95.6 Å². The maximum absolute atomic E-state index is 6.82. The van der Waals surface area contributed by atoms with Crippen LogP contribution in [0.5, 0.6) is 11.5 Å². The first-order valence-electron chi connectivity index (χ1n) is 10.8. The first-order valence-corrected chi connectivity index (χ1v) is 10.8. The average molecular weight is 429 g/mol. The van der Waals surface area contributed by atoms with Crippen LogP contribution in [-0.2, 0) is 15.1 Å². The molecule has 1 heterocycles. The Morgan fingerprint density at radius 3 is 1.84 bits per heavy atom. The summed E-state index contributed by atoms with van der Waals surface area (Å²) in [4.78, 5) is 0. The van der Waals surface area contributed by atoms with Crippen molar-refractivity contribution in [2.45, 2.75) is 17.7 Å². The molecule has 6 heteroatoms. The van der Waals surface area contributed by atoms with E-state index in [1.807, 2.05) is 66.7 Å². The Hall–Kier alpha value is -2.80. The van der Waals surface area contributed by atoms with Crippen molar-refractivity contribution in [3.8, 4) is 11.5 Å². The Kier molecular flexibility index (Phi) is 7.15. The van der Waals surface area contributed by atoms with Crippen LogP contribution < -0.4 is 14.8 Å². The third kappa shape index (κ3) is 4.68. The second-order valence-electron chi connectivity index (χ2n) is 7.77. The van der Waals surface area contributed by atoms with Crippen LogP contribution in [0.4, 0.5) is 0 Å². The molecule has 4 rings (SSSR count). The van der Waals surface area contributed by atoms with Crippen molar-refractivity contribution in [1.29, 1.82) is 0 Å². The topological polar surface area (TPSA) is 49.0 Å². The second-order valence-corrected chi connectivity index (χ2v) is 7.77. The SMILES string of the molecule is [B][C@H]1CNC[C@@H](COC(c2ccccc2)(c2ccc(OC)cc2)c2ccc(OC)cc2)O1. The molecular formula is C26H28BNO4. The van der Waals surface area contributed by atoms with E-state index in [0.29, 0.717) is 19.7 Å². The highest BCUT2D eigenvalue weighted by Gasteiger charge is 2.39. The number of ether oxygens (including phenoxy) is 4. The Bertz CT molecular complexity index is 931. The fourth-order valence-electron chi connectivity index (χ4n) is 4.12. The second kappa shape index (κ2) is 10.2. The van der Waals surface area contributed by atoms with E-state index in [9.17, 15) is 0 Å². The largest absolute Gasteiger partial charge is 0.497 e. The van der Waals surface area contributed by atoms with Crippen molar-refractivity contribution < 1.29 is 18.9 Å². The van der Waals surface area contributed by atoms with Gasteiger partial charge in [-0.3, -0.25) is 0 Å². The zero-order chi connectivity index (χ0) is 22.4. The van der Waals surface area contributed by atoms with Gasteiger partial charge < -0.3 is 24.3 Å². The van der Waals surface area contributed by atoms with Crippen LogP contribution in [0, 0.1) is 0 Å². The van der Waals surface area contributed by atoms with Crippen LogP contribution >= 0.6 is 0 Å². The molecule has 2 radical (unpaired) electrons. The maximum atomic E-state index is 6.82. The predicted octanol–water partition coefficient (Wildman–Crippen LogP) is 3.50. The molecule has 0 aliphatic carbocycles. The molecule has 0 bridgehead atoms. The number of nitrogens with one attached hydrogen (secondary N) is 1. The van der Waals surface area contributed by atoms with Crippen LogP contribution in [0.3, 0.4) is 0 Å². The van der Waals surface area contributed by atoms with Gasteiger partial charge in [0.2, 0.25) is 0 Å². The summed E-state index contributed by atoms with van der Waals surface area (Å²) in [6.07, 6.45) is -0.154. The molecule has 0 unspecified atom stereocenters. The monoisotopic (exact) mass is 429 g/mol. The molecule has 0 saturated carbocycles. The Balaban J connectivity index is 1.82. The molecule has 5 nitrogen and oxygen atoms in total. The molecule has 1 saturated heterocycles. The van der Waals surface area contributed by atoms with E-state index < -0.39 is 5.60 Å². The van der Waals surface area contributed by atoms with Gasteiger partial charge in [-0.1, -0.05) is 54.6 Å². The normalized spacial score (nSPS) is 18.8. The lowest BCUT2D eigenvalue weighted by Gasteiger charge is -2.38. The highest BCUT2D eigenvalue weighted by atomic mass is 16.5. The first kappa shape index (κ1) is 22.4. The van der Waals surface area contributed by atoms with Gasteiger partial charge in [0.15, 0.2) is 0 Å². The fraction of sp³-hybridized carbons (Fsp3) is 0.308. The molecule has 164 valence electrons. The lowest BCUT2D eigenvalue weighted by Crippen LogP contribution is -2.48. The van der Waals surface area contributed by atoms with Crippen LogP contribution in [0.1, 0.15) is 16.7 Å². The number of morpholine rings is 1. The highest BCUT2D eigenvalue weighted by Crippen LogP contribution is 2.41. The molecule has 3 aromatic carbocycles. The van der Waals surface area contributed by atoms with Crippen LogP contribution in [-0.4, -0.2) is 53.9 Å². The summed E-state index contributed by atoms with van der Waals surface area (Å²) in [6, 6.07) is 25.9. The number of benzene rings is 3. The van der Waals surface area contributed by atoms with Gasteiger partial charge in [0.25, 0.3) is 0 Å². The van der Waals surface area contributed by atoms with Crippen molar-refractivity contribution in [1.82, 2.24) is 5.32 Å². The standard InChI is InChI=1S/C26H28BNO4/c1-29-22-12-8-20(9-13-22)26(19-6-4-3-5-7-19,21-10-14-23(30-2)15-11-21)31-18-24-16-28-17-25(27)32-24/h3-15,24-25,28H,16-18H2,1-2H3/t24-,25+/m0/s1. The third-order valence-electron chi connectivity index (χ3n) is 5.74. The lowest BCUT2D eigenvalue weighted by atomic mass is 9.80. The van der Waals surface area contributed by atoms with Gasteiger partial charge in [-0.25, -0.2) is 0 Å². The summed E-state index contributed by atoms with van der Waals surface area (Å²) >= 11 is 0. The van der Waals surface area contributed by atoms with Crippen molar-refractivity contribution in [2.24, 2.45) is 0 Å². The molecule has 1 fully saturated rings. The van der Waals surface area contributed by atoms with Crippen LogP contribution in [0.2, 0.25) is 0 Å². The van der Waals surface area contributed by atoms with Crippen molar-refractivity contribution in [2.75, 3.05) is 33.9 Å². The van der Waals surface area contributed by atoms with Crippen molar-refractivity contribution in [3.63, 3.8) is 0 Å². The number of methoxy groups -OCH3 is 2. The van der Waals surface area contributed by atoms with E-state index in [2.05, 4.69) is 17.4 Å². The number of hydrogen-bond donors (Lipinski definition) is 1. The predicted molar refractivity (Wildman–Crippen MR) is 126 cm³/mol. The first-order chi connectivity index (χ1) is 15.7. The smallest absolute Gasteiger partial charge is 0.143 e. The number of rotatable bonds is 8. The maximum Gasteiger partial charge on any atom is 0.143 e. The fourth-order valence-corrected chi connectivity index (χ4v) is 4.12. The van der Waals surface area contributed by atoms with E-state index in [1.54, 1.807) is 14.2 Å². The number of hydrogen-bond acceptors (Lipinski definition) is 5. The quantitative estimate of drug-likeness (QED) is 0.439. The minimum absolute atomic E-state index is 0.154. The van der Waals surface area contributed by atoms with Crippen LogP contribution in [0.25, 0.3) is 0 Å². The molecule has 1 aliphatic rings. The summed E-state index contributed by atoms with van der Waals surface area (Å²) in [7, 11) is 9.32. The van der Waals surface area contributed by atoms with Crippen molar-refractivity contribution >= 4 is 7.85 Å². The molecule has 0 aromatic heterocycles. The summed E-state index contributed by atoms with van der Waals surface area (Å²) in [5.74, 6) is 1.58. The molecule has 1 aliphatic heterocycles. The summed E-state index contributed by atoms with van der Waals surface area (Å²) in [5, 5.41) is 3.31. The molecular weight excluding hydrogens is 401 g/mol. The van der Waals surface area contributed by atoms with E-state index >= 15 is 0 Å². The Morgan fingerprint density at radius 2 is 1.34 bits per heavy atom. The minimum Gasteiger partial charge on any atom is -0.497 e. The van der Waals surface area contributed by atoms with E-state index in [1.165, 1.54) is 0 Å². The van der Waals surface area contributed by atoms with Gasteiger partial charge >= 0.3 is 0 Å². The van der Waals surface area contributed by atoms with Gasteiger partial charge in [-0.05, 0) is 41.0 Å². The molecule has 0 spiro atoms.